The van der Waals surface area contributed by atoms with Gasteiger partial charge in [0.05, 0.1) is 27.6 Å². The van der Waals surface area contributed by atoms with Crippen molar-refractivity contribution in [3.05, 3.63) is 39.3 Å². The molecule has 2 heterocycles. The van der Waals surface area contributed by atoms with Gasteiger partial charge in [-0.1, -0.05) is 11.6 Å². The number of nitrogens with zero attached hydrogens (tertiary/aromatic N) is 7. The number of hydrogen-bond acceptors (Lipinski definition) is 9. The number of anilines is 3. The van der Waals surface area contributed by atoms with Crippen molar-refractivity contribution in [2.45, 2.75) is 6.18 Å². The Morgan fingerprint density at radius 3 is 2.36 bits per heavy atom. The van der Waals surface area contributed by atoms with E-state index in [9.17, 15) is 23.3 Å². The van der Waals surface area contributed by atoms with Crippen molar-refractivity contribution in [3.8, 4) is 12.1 Å². The Balaban J connectivity index is 2.50. The van der Waals surface area contributed by atoms with Gasteiger partial charge < -0.3 is 10.2 Å². The summed E-state index contributed by atoms with van der Waals surface area (Å²) in [5.41, 5.74) is -1.80. The Bertz CT molecular complexity index is 970. The molecule has 0 aliphatic heterocycles. The maximum absolute atomic E-state index is 12.7. The quantitative estimate of drug-likeness (QED) is 0.429. The maximum atomic E-state index is 12.7. The van der Waals surface area contributed by atoms with Gasteiger partial charge in [0.2, 0.25) is 11.6 Å². The minimum atomic E-state index is -4.67. The Kier molecular flexibility index (Phi) is 6.12. The maximum Gasteiger partial charge on any atom is 0.417 e. The zero-order valence-corrected chi connectivity index (χ0v) is 14.4. The average Bonchev–Trinajstić information content (AvgIpc) is 2.62. The predicted molar refractivity (Wildman–Crippen MR) is 89.7 cm³/mol. The van der Waals surface area contributed by atoms with Crippen LogP contribution < -0.4 is 10.2 Å². The van der Waals surface area contributed by atoms with Crippen LogP contribution in [-0.4, -0.2) is 33.0 Å². The van der Waals surface area contributed by atoms with Gasteiger partial charge in [0.1, 0.15) is 19.4 Å². The summed E-state index contributed by atoms with van der Waals surface area (Å²) in [7, 11) is 0. The number of nitro groups is 1. The second-order valence-corrected chi connectivity index (χ2v) is 5.41. The standard InChI is InChI=1S/C14H8ClF3N8O2/c15-9-5-8(14(16,17)18)6-21-11(9)24-12-10(26(27)28)13(23-7-22-12)25(3-1-19)4-2-20/h5-7H,3-4H2,(H,21,22,23,24). The molecular formula is C14H8ClF3N8O2. The van der Waals surface area contributed by atoms with E-state index >= 15 is 0 Å². The molecule has 10 nitrogen and oxygen atoms in total. The first kappa shape index (κ1) is 20.6. The first-order chi connectivity index (χ1) is 13.2. The predicted octanol–water partition coefficient (Wildman–Crippen LogP) is 3.05. The lowest BCUT2D eigenvalue weighted by Gasteiger charge is -2.17. The van der Waals surface area contributed by atoms with Crippen molar-refractivity contribution in [1.82, 2.24) is 15.0 Å². The molecule has 0 unspecified atom stereocenters. The molecule has 0 aliphatic carbocycles. The topological polar surface area (TPSA) is 145 Å². The molecule has 2 aromatic rings. The molecule has 0 radical (unpaired) electrons. The van der Waals surface area contributed by atoms with Gasteiger partial charge in [0.15, 0.2) is 5.82 Å². The molecule has 0 spiro atoms. The number of halogens is 4. The van der Waals surface area contributed by atoms with Gasteiger partial charge in [-0.25, -0.2) is 15.0 Å². The average molecular weight is 413 g/mol. The third kappa shape index (κ3) is 4.52. The number of nitriles is 2. The van der Waals surface area contributed by atoms with Crippen LogP contribution in [-0.2, 0) is 6.18 Å². The lowest BCUT2D eigenvalue weighted by molar-refractivity contribution is -0.383. The van der Waals surface area contributed by atoms with E-state index < -0.39 is 33.2 Å². The molecule has 144 valence electrons. The summed E-state index contributed by atoms with van der Waals surface area (Å²) < 4.78 is 38.1. The molecule has 0 fully saturated rings. The van der Waals surface area contributed by atoms with E-state index in [1.807, 2.05) is 0 Å². The van der Waals surface area contributed by atoms with Gasteiger partial charge in [-0.15, -0.1) is 0 Å². The Hall–Kier alpha value is -3.71. The van der Waals surface area contributed by atoms with Crippen molar-refractivity contribution < 1.29 is 18.1 Å². The molecule has 0 saturated heterocycles. The molecule has 0 saturated carbocycles. The van der Waals surface area contributed by atoms with Crippen LogP contribution in [0.15, 0.2) is 18.6 Å². The highest BCUT2D eigenvalue weighted by molar-refractivity contribution is 6.33. The summed E-state index contributed by atoms with van der Waals surface area (Å²) in [6, 6.07) is 4.09. The molecule has 0 amide bonds. The second kappa shape index (κ2) is 8.32. The first-order valence-electron chi connectivity index (χ1n) is 7.17. The summed E-state index contributed by atoms with van der Waals surface area (Å²) in [6.07, 6.45) is -3.25. The van der Waals surface area contributed by atoms with Gasteiger partial charge in [-0.2, -0.15) is 23.7 Å². The van der Waals surface area contributed by atoms with Crippen LogP contribution in [0.3, 0.4) is 0 Å². The van der Waals surface area contributed by atoms with Crippen molar-refractivity contribution in [1.29, 1.82) is 10.5 Å². The van der Waals surface area contributed by atoms with Gasteiger partial charge in [0, 0.05) is 6.20 Å². The summed E-state index contributed by atoms with van der Waals surface area (Å²) in [4.78, 5) is 22.6. The molecule has 0 aliphatic rings. The highest BCUT2D eigenvalue weighted by Crippen LogP contribution is 2.36. The van der Waals surface area contributed by atoms with E-state index in [0.29, 0.717) is 12.3 Å². The van der Waals surface area contributed by atoms with Gasteiger partial charge in [-0.05, 0) is 6.07 Å². The lowest BCUT2D eigenvalue weighted by atomic mass is 10.2. The van der Waals surface area contributed by atoms with Crippen molar-refractivity contribution in [2.24, 2.45) is 0 Å². The van der Waals surface area contributed by atoms with Crippen molar-refractivity contribution >= 4 is 34.7 Å². The summed E-state index contributed by atoms with van der Waals surface area (Å²) in [5, 5.41) is 31.1. The van der Waals surface area contributed by atoms with Gasteiger partial charge >= 0.3 is 11.9 Å². The van der Waals surface area contributed by atoms with E-state index in [0.717, 1.165) is 11.2 Å². The highest BCUT2D eigenvalue weighted by atomic mass is 35.5. The largest absolute Gasteiger partial charge is 0.417 e. The van der Waals surface area contributed by atoms with E-state index in [1.54, 1.807) is 12.1 Å². The minimum absolute atomic E-state index is 0.311. The van der Waals surface area contributed by atoms with E-state index in [1.165, 1.54) is 0 Å². The summed E-state index contributed by atoms with van der Waals surface area (Å²) >= 11 is 5.78. The summed E-state index contributed by atoms with van der Waals surface area (Å²) in [5.74, 6) is -1.06. The number of pyridine rings is 1. The second-order valence-electron chi connectivity index (χ2n) is 5.00. The van der Waals surface area contributed by atoms with Crippen LogP contribution in [0.5, 0.6) is 0 Å². The normalized spacial score (nSPS) is 10.6. The van der Waals surface area contributed by atoms with Crippen LogP contribution in [0, 0.1) is 32.8 Å². The van der Waals surface area contributed by atoms with Crippen LogP contribution in [0.4, 0.5) is 36.3 Å². The molecule has 1 N–H and O–H groups in total. The SMILES string of the molecule is N#CCN(CC#N)c1ncnc(Nc2ncc(C(F)(F)F)cc2Cl)c1[N+](=O)[O-]. The Labute approximate surface area is 160 Å². The van der Waals surface area contributed by atoms with Crippen LogP contribution >= 0.6 is 11.6 Å². The lowest BCUT2D eigenvalue weighted by Crippen LogP contribution is -2.26. The third-order valence-electron chi connectivity index (χ3n) is 3.21. The number of aromatic nitrogens is 3. The fourth-order valence-electron chi connectivity index (χ4n) is 2.03. The van der Waals surface area contributed by atoms with Crippen molar-refractivity contribution in [3.63, 3.8) is 0 Å². The van der Waals surface area contributed by atoms with E-state index in [2.05, 4.69) is 20.3 Å². The molecule has 0 atom stereocenters. The first-order valence-corrected chi connectivity index (χ1v) is 7.54. The molecule has 28 heavy (non-hydrogen) atoms. The van der Waals surface area contributed by atoms with E-state index in [4.69, 9.17) is 22.1 Å². The highest BCUT2D eigenvalue weighted by Gasteiger charge is 2.32. The Morgan fingerprint density at radius 1 is 1.21 bits per heavy atom. The molecule has 0 aromatic carbocycles. The fourth-order valence-corrected chi connectivity index (χ4v) is 2.25. The zero-order valence-electron chi connectivity index (χ0n) is 13.6. The van der Waals surface area contributed by atoms with Crippen LogP contribution in [0.1, 0.15) is 5.56 Å². The smallest absolute Gasteiger partial charge is 0.324 e. The molecule has 2 rings (SSSR count). The molecule has 14 heteroatoms. The molecule has 2 aromatic heterocycles. The van der Waals surface area contributed by atoms with Gasteiger partial charge in [-0.3, -0.25) is 10.1 Å². The number of nitrogens with one attached hydrogen (secondary N) is 1. The molecular weight excluding hydrogens is 405 g/mol. The van der Waals surface area contributed by atoms with Crippen LogP contribution in [0.25, 0.3) is 0 Å². The number of alkyl halides is 3. The third-order valence-corrected chi connectivity index (χ3v) is 3.50. The van der Waals surface area contributed by atoms with E-state index in [-0.39, 0.29) is 24.7 Å². The summed E-state index contributed by atoms with van der Waals surface area (Å²) in [6.45, 7) is -0.742. The fraction of sp³-hybridized carbons (Fsp3) is 0.214. The van der Waals surface area contributed by atoms with Crippen molar-refractivity contribution in [2.75, 3.05) is 23.3 Å². The Morgan fingerprint density at radius 2 is 1.86 bits per heavy atom. The minimum Gasteiger partial charge on any atom is -0.324 e. The number of rotatable bonds is 6. The number of hydrogen-bond donors (Lipinski definition) is 1. The van der Waals surface area contributed by atoms with Crippen LogP contribution in [0.2, 0.25) is 5.02 Å². The zero-order chi connectivity index (χ0) is 20.9. The monoisotopic (exact) mass is 412 g/mol. The molecule has 0 bridgehead atoms. The van der Waals surface area contributed by atoms with Gasteiger partial charge in [0.25, 0.3) is 0 Å².